The van der Waals surface area contributed by atoms with Gasteiger partial charge in [0.1, 0.15) is 12.4 Å². The van der Waals surface area contributed by atoms with Crippen LogP contribution in [0.1, 0.15) is 13.0 Å². The summed E-state index contributed by atoms with van der Waals surface area (Å²) in [6.45, 7) is 1.81. The van der Waals surface area contributed by atoms with Crippen LogP contribution in [0.15, 0.2) is 30.9 Å². The standard InChI is InChI=1S/C9H11N5O/c1-7(14-4-2-3-5-14)8(15)12-9-10-6-11-13-9/h2-7H,1H3,(H2,10,11,12,13,15)/t7-/m0/s1. The van der Waals surface area contributed by atoms with Crippen molar-refractivity contribution in [2.75, 3.05) is 5.32 Å². The molecule has 0 fully saturated rings. The minimum absolute atomic E-state index is 0.136. The molecule has 6 nitrogen and oxygen atoms in total. The Hall–Kier alpha value is -2.11. The van der Waals surface area contributed by atoms with Gasteiger partial charge in [-0.15, -0.1) is 0 Å². The summed E-state index contributed by atoms with van der Waals surface area (Å²) in [6.07, 6.45) is 5.02. The van der Waals surface area contributed by atoms with Crippen molar-refractivity contribution in [3.63, 3.8) is 0 Å². The molecule has 0 aliphatic rings. The zero-order chi connectivity index (χ0) is 10.7. The van der Waals surface area contributed by atoms with E-state index >= 15 is 0 Å². The summed E-state index contributed by atoms with van der Waals surface area (Å²) in [5, 5.41) is 8.83. The summed E-state index contributed by atoms with van der Waals surface area (Å²) >= 11 is 0. The molecule has 0 aromatic carbocycles. The first-order chi connectivity index (χ1) is 7.27. The molecule has 0 radical (unpaired) electrons. The van der Waals surface area contributed by atoms with Crippen LogP contribution < -0.4 is 5.32 Å². The van der Waals surface area contributed by atoms with E-state index in [0.717, 1.165) is 0 Å². The first-order valence-corrected chi connectivity index (χ1v) is 4.56. The van der Waals surface area contributed by atoms with Crippen molar-refractivity contribution in [3.8, 4) is 0 Å². The summed E-state index contributed by atoms with van der Waals surface area (Å²) in [7, 11) is 0. The van der Waals surface area contributed by atoms with E-state index in [9.17, 15) is 4.79 Å². The average Bonchev–Trinajstić information content (AvgIpc) is 2.88. The van der Waals surface area contributed by atoms with Crippen molar-refractivity contribution in [2.24, 2.45) is 0 Å². The number of aromatic amines is 1. The van der Waals surface area contributed by atoms with Gasteiger partial charge < -0.3 is 4.57 Å². The maximum Gasteiger partial charge on any atom is 0.249 e. The van der Waals surface area contributed by atoms with Crippen molar-refractivity contribution in [1.29, 1.82) is 0 Å². The number of carbonyl (C=O) groups excluding carboxylic acids is 1. The number of nitrogens with zero attached hydrogens (tertiary/aromatic N) is 3. The third-order valence-corrected chi connectivity index (χ3v) is 2.11. The molecule has 0 unspecified atom stereocenters. The molecule has 2 aromatic heterocycles. The number of amides is 1. The fraction of sp³-hybridized carbons (Fsp3) is 0.222. The Morgan fingerprint density at radius 1 is 1.53 bits per heavy atom. The van der Waals surface area contributed by atoms with Crippen LogP contribution in [0.4, 0.5) is 5.95 Å². The van der Waals surface area contributed by atoms with Crippen LogP contribution in [0.3, 0.4) is 0 Å². The fourth-order valence-corrected chi connectivity index (χ4v) is 1.23. The number of carbonyl (C=O) groups is 1. The third kappa shape index (κ3) is 2.04. The van der Waals surface area contributed by atoms with Gasteiger partial charge >= 0.3 is 0 Å². The fourth-order valence-electron chi connectivity index (χ4n) is 1.23. The molecule has 6 heteroatoms. The lowest BCUT2D eigenvalue weighted by Crippen LogP contribution is -2.23. The highest BCUT2D eigenvalue weighted by Crippen LogP contribution is 2.08. The summed E-state index contributed by atoms with van der Waals surface area (Å²) in [5.41, 5.74) is 0. The molecule has 2 rings (SSSR count). The number of hydrogen-bond acceptors (Lipinski definition) is 3. The molecule has 2 aromatic rings. The van der Waals surface area contributed by atoms with E-state index in [-0.39, 0.29) is 11.9 Å². The van der Waals surface area contributed by atoms with Gasteiger partial charge in [-0.1, -0.05) is 0 Å². The Morgan fingerprint density at radius 2 is 2.27 bits per heavy atom. The van der Waals surface area contributed by atoms with Crippen LogP contribution in [0.25, 0.3) is 0 Å². The largest absolute Gasteiger partial charge is 0.342 e. The van der Waals surface area contributed by atoms with Crippen LogP contribution in [0, 0.1) is 0 Å². The van der Waals surface area contributed by atoms with E-state index in [2.05, 4.69) is 20.5 Å². The highest BCUT2D eigenvalue weighted by molar-refractivity contribution is 5.91. The van der Waals surface area contributed by atoms with Crippen LogP contribution in [0.2, 0.25) is 0 Å². The molecular weight excluding hydrogens is 194 g/mol. The Labute approximate surface area is 86.3 Å². The van der Waals surface area contributed by atoms with Crippen molar-refractivity contribution in [2.45, 2.75) is 13.0 Å². The topological polar surface area (TPSA) is 75.6 Å². The van der Waals surface area contributed by atoms with E-state index in [1.807, 2.05) is 36.0 Å². The molecule has 0 aliphatic heterocycles. The van der Waals surface area contributed by atoms with Gasteiger partial charge in [0, 0.05) is 12.4 Å². The molecule has 0 spiro atoms. The normalized spacial score (nSPS) is 12.3. The summed E-state index contributed by atoms with van der Waals surface area (Å²) in [6, 6.07) is 3.47. The van der Waals surface area contributed by atoms with Crippen LogP contribution >= 0.6 is 0 Å². The van der Waals surface area contributed by atoms with Crippen molar-refractivity contribution in [3.05, 3.63) is 30.9 Å². The SMILES string of the molecule is C[C@@H](C(=O)Nc1ncn[nH]1)n1cccc1. The molecule has 0 saturated heterocycles. The number of H-pyrrole nitrogens is 1. The maximum atomic E-state index is 11.7. The molecule has 0 bridgehead atoms. The molecular formula is C9H11N5O. The minimum Gasteiger partial charge on any atom is -0.342 e. The molecule has 1 atom stereocenters. The number of aromatic nitrogens is 4. The summed E-state index contributed by atoms with van der Waals surface area (Å²) in [5.74, 6) is 0.224. The Morgan fingerprint density at radius 3 is 2.87 bits per heavy atom. The van der Waals surface area contributed by atoms with Gasteiger partial charge in [-0.25, -0.2) is 5.10 Å². The summed E-state index contributed by atoms with van der Waals surface area (Å²) in [4.78, 5) is 15.5. The molecule has 2 heterocycles. The van der Waals surface area contributed by atoms with Crippen LogP contribution in [0.5, 0.6) is 0 Å². The van der Waals surface area contributed by atoms with Gasteiger partial charge in [-0.2, -0.15) is 10.1 Å². The van der Waals surface area contributed by atoms with E-state index in [1.54, 1.807) is 0 Å². The Balaban J connectivity index is 2.03. The zero-order valence-corrected chi connectivity index (χ0v) is 8.21. The molecule has 78 valence electrons. The first-order valence-electron chi connectivity index (χ1n) is 4.56. The van der Waals surface area contributed by atoms with E-state index in [4.69, 9.17) is 0 Å². The van der Waals surface area contributed by atoms with Gasteiger partial charge in [0.25, 0.3) is 0 Å². The van der Waals surface area contributed by atoms with E-state index in [1.165, 1.54) is 6.33 Å². The maximum absolute atomic E-state index is 11.7. The zero-order valence-electron chi connectivity index (χ0n) is 8.21. The van der Waals surface area contributed by atoms with Gasteiger partial charge in [-0.3, -0.25) is 10.1 Å². The van der Waals surface area contributed by atoms with Gasteiger partial charge in [0.15, 0.2) is 0 Å². The molecule has 1 amide bonds. The number of rotatable bonds is 3. The van der Waals surface area contributed by atoms with Crippen molar-refractivity contribution in [1.82, 2.24) is 19.7 Å². The Kier molecular flexibility index (Phi) is 2.49. The predicted molar refractivity (Wildman–Crippen MR) is 54.2 cm³/mol. The van der Waals surface area contributed by atoms with E-state index < -0.39 is 0 Å². The van der Waals surface area contributed by atoms with Crippen LogP contribution in [-0.4, -0.2) is 25.7 Å². The average molecular weight is 205 g/mol. The first kappa shape index (κ1) is 9.45. The lowest BCUT2D eigenvalue weighted by Gasteiger charge is -2.11. The third-order valence-electron chi connectivity index (χ3n) is 2.11. The molecule has 0 saturated carbocycles. The predicted octanol–water partition coefficient (Wildman–Crippen LogP) is 0.806. The van der Waals surface area contributed by atoms with Crippen LogP contribution in [-0.2, 0) is 4.79 Å². The second kappa shape index (κ2) is 3.95. The smallest absolute Gasteiger partial charge is 0.249 e. The summed E-state index contributed by atoms with van der Waals surface area (Å²) < 4.78 is 1.81. The quantitative estimate of drug-likeness (QED) is 0.778. The molecule has 0 aliphatic carbocycles. The second-order valence-electron chi connectivity index (χ2n) is 3.13. The van der Waals surface area contributed by atoms with Gasteiger partial charge in [-0.05, 0) is 19.1 Å². The second-order valence-corrected chi connectivity index (χ2v) is 3.13. The molecule has 15 heavy (non-hydrogen) atoms. The monoisotopic (exact) mass is 205 g/mol. The highest BCUT2D eigenvalue weighted by Gasteiger charge is 2.14. The minimum atomic E-state index is -0.273. The lowest BCUT2D eigenvalue weighted by molar-refractivity contribution is -0.118. The van der Waals surface area contributed by atoms with E-state index in [0.29, 0.717) is 5.95 Å². The van der Waals surface area contributed by atoms with Gasteiger partial charge in [0.2, 0.25) is 11.9 Å². The number of anilines is 1. The van der Waals surface area contributed by atoms with Gasteiger partial charge in [0.05, 0.1) is 0 Å². The molecule has 2 N–H and O–H groups in total. The number of hydrogen-bond donors (Lipinski definition) is 2. The Bertz CT molecular complexity index is 419. The highest BCUT2D eigenvalue weighted by atomic mass is 16.2. The van der Waals surface area contributed by atoms with Crippen molar-refractivity contribution < 1.29 is 4.79 Å². The van der Waals surface area contributed by atoms with Crippen molar-refractivity contribution >= 4 is 11.9 Å². The lowest BCUT2D eigenvalue weighted by atomic mass is 10.3. The number of nitrogens with one attached hydrogen (secondary N) is 2.